The standard InChI is InChI=1S/C23H13ClN2O3/c24-21-10-8-16(13-22(21)26(27)28)23-11-9-18(29-23)12-17(14-25)20-7-3-5-15-4-1-2-6-19(15)20/h1-13H/b17-12-. The predicted molar refractivity (Wildman–Crippen MR) is 113 cm³/mol. The van der Waals surface area contributed by atoms with Crippen LogP contribution in [0.4, 0.5) is 5.69 Å². The van der Waals surface area contributed by atoms with Crippen molar-refractivity contribution in [3.63, 3.8) is 0 Å². The van der Waals surface area contributed by atoms with Crippen molar-refractivity contribution in [2.45, 2.75) is 0 Å². The summed E-state index contributed by atoms with van der Waals surface area (Å²) < 4.78 is 5.82. The molecule has 0 fully saturated rings. The molecule has 0 bridgehead atoms. The largest absolute Gasteiger partial charge is 0.457 e. The van der Waals surface area contributed by atoms with Gasteiger partial charge in [0.15, 0.2) is 0 Å². The first-order valence-corrected chi connectivity index (χ1v) is 9.08. The van der Waals surface area contributed by atoms with Gasteiger partial charge in [0, 0.05) is 17.2 Å². The number of rotatable bonds is 4. The summed E-state index contributed by atoms with van der Waals surface area (Å²) in [7, 11) is 0. The third kappa shape index (κ3) is 3.62. The van der Waals surface area contributed by atoms with E-state index in [1.807, 2.05) is 42.5 Å². The van der Waals surface area contributed by atoms with Crippen molar-refractivity contribution >= 4 is 39.7 Å². The first-order valence-electron chi connectivity index (χ1n) is 8.71. The highest BCUT2D eigenvalue weighted by atomic mass is 35.5. The monoisotopic (exact) mass is 400 g/mol. The molecule has 1 heterocycles. The van der Waals surface area contributed by atoms with E-state index in [0.717, 1.165) is 16.3 Å². The molecule has 0 aliphatic carbocycles. The van der Waals surface area contributed by atoms with Gasteiger partial charge in [-0.15, -0.1) is 0 Å². The zero-order chi connectivity index (χ0) is 20.4. The Balaban J connectivity index is 1.74. The van der Waals surface area contributed by atoms with Crippen LogP contribution >= 0.6 is 11.6 Å². The lowest BCUT2D eigenvalue weighted by molar-refractivity contribution is -0.384. The third-order valence-electron chi connectivity index (χ3n) is 4.54. The van der Waals surface area contributed by atoms with E-state index in [9.17, 15) is 15.4 Å². The van der Waals surface area contributed by atoms with Gasteiger partial charge in [0.2, 0.25) is 0 Å². The molecule has 0 aliphatic heterocycles. The highest BCUT2D eigenvalue weighted by molar-refractivity contribution is 6.32. The quantitative estimate of drug-likeness (QED) is 0.216. The Morgan fingerprint density at radius 1 is 1.07 bits per heavy atom. The second-order valence-electron chi connectivity index (χ2n) is 6.32. The Morgan fingerprint density at radius 3 is 2.66 bits per heavy atom. The molecule has 0 saturated carbocycles. The summed E-state index contributed by atoms with van der Waals surface area (Å²) in [5, 5.41) is 22.9. The molecule has 5 nitrogen and oxygen atoms in total. The molecule has 0 N–H and O–H groups in total. The number of halogens is 1. The average molecular weight is 401 g/mol. The van der Waals surface area contributed by atoms with Crippen molar-refractivity contribution in [1.82, 2.24) is 0 Å². The third-order valence-corrected chi connectivity index (χ3v) is 4.86. The van der Waals surface area contributed by atoms with Crippen LogP contribution in [0.3, 0.4) is 0 Å². The normalized spacial score (nSPS) is 11.4. The molecular weight excluding hydrogens is 388 g/mol. The molecule has 0 spiro atoms. The zero-order valence-electron chi connectivity index (χ0n) is 15.0. The Morgan fingerprint density at radius 2 is 1.86 bits per heavy atom. The molecular formula is C23H13ClN2O3. The van der Waals surface area contributed by atoms with Crippen molar-refractivity contribution in [3.05, 3.63) is 99.3 Å². The number of hydrogen-bond donors (Lipinski definition) is 0. The van der Waals surface area contributed by atoms with E-state index in [1.54, 1.807) is 24.3 Å². The summed E-state index contributed by atoms with van der Waals surface area (Å²) in [6, 6.07) is 23.8. The lowest BCUT2D eigenvalue weighted by atomic mass is 9.98. The lowest BCUT2D eigenvalue weighted by Gasteiger charge is -2.05. The molecule has 140 valence electrons. The molecule has 6 heteroatoms. The Labute approximate surface area is 171 Å². The van der Waals surface area contributed by atoms with Crippen LogP contribution in [0.15, 0.2) is 77.2 Å². The molecule has 0 radical (unpaired) electrons. The number of nitrogens with zero attached hydrogens (tertiary/aromatic N) is 2. The Bertz CT molecular complexity index is 1310. The van der Waals surface area contributed by atoms with E-state index >= 15 is 0 Å². The SMILES string of the molecule is N#C/C(=C/c1ccc(-c2ccc(Cl)c([N+](=O)[O-])c2)o1)c1cccc2ccccc12. The number of nitro groups is 1. The molecule has 3 aromatic carbocycles. The van der Waals surface area contributed by atoms with Crippen molar-refractivity contribution in [2.75, 3.05) is 0 Å². The van der Waals surface area contributed by atoms with Crippen LogP contribution in [0, 0.1) is 21.4 Å². The Hall–Kier alpha value is -3.88. The molecule has 0 aliphatic rings. The fraction of sp³-hybridized carbons (Fsp3) is 0. The van der Waals surface area contributed by atoms with Crippen LogP contribution in [0.1, 0.15) is 11.3 Å². The number of nitriles is 1. The zero-order valence-corrected chi connectivity index (χ0v) is 15.8. The molecule has 0 saturated heterocycles. The number of allylic oxidation sites excluding steroid dienone is 1. The van der Waals surface area contributed by atoms with Gasteiger partial charge >= 0.3 is 0 Å². The topological polar surface area (TPSA) is 80.1 Å². The van der Waals surface area contributed by atoms with Gasteiger partial charge in [0.05, 0.1) is 16.6 Å². The minimum absolute atomic E-state index is 0.0631. The van der Waals surface area contributed by atoms with Gasteiger partial charge in [-0.25, -0.2) is 0 Å². The Kier molecular flexibility index (Phi) is 4.86. The average Bonchev–Trinajstić information content (AvgIpc) is 3.20. The maximum absolute atomic E-state index is 11.1. The van der Waals surface area contributed by atoms with E-state index in [2.05, 4.69) is 6.07 Å². The number of nitro benzene ring substituents is 1. The molecule has 0 unspecified atom stereocenters. The van der Waals surface area contributed by atoms with E-state index in [-0.39, 0.29) is 10.7 Å². The van der Waals surface area contributed by atoms with Gasteiger partial charge in [-0.05, 0) is 41.1 Å². The maximum atomic E-state index is 11.1. The molecule has 0 amide bonds. The molecule has 29 heavy (non-hydrogen) atoms. The van der Waals surface area contributed by atoms with Gasteiger partial charge in [-0.2, -0.15) is 5.26 Å². The van der Waals surface area contributed by atoms with Crippen LogP contribution < -0.4 is 0 Å². The highest BCUT2D eigenvalue weighted by Crippen LogP contribution is 2.32. The summed E-state index contributed by atoms with van der Waals surface area (Å²) >= 11 is 5.87. The van der Waals surface area contributed by atoms with Gasteiger partial charge < -0.3 is 4.42 Å². The maximum Gasteiger partial charge on any atom is 0.288 e. The number of hydrogen-bond acceptors (Lipinski definition) is 4. The highest BCUT2D eigenvalue weighted by Gasteiger charge is 2.15. The van der Waals surface area contributed by atoms with Crippen molar-refractivity contribution in [1.29, 1.82) is 5.26 Å². The van der Waals surface area contributed by atoms with Gasteiger partial charge in [-0.1, -0.05) is 54.1 Å². The van der Waals surface area contributed by atoms with Gasteiger partial charge in [-0.3, -0.25) is 10.1 Å². The van der Waals surface area contributed by atoms with E-state index in [1.165, 1.54) is 12.1 Å². The summed E-state index contributed by atoms with van der Waals surface area (Å²) in [5.74, 6) is 0.924. The molecule has 4 rings (SSSR count). The summed E-state index contributed by atoms with van der Waals surface area (Å²) in [6.45, 7) is 0. The number of furan rings is 1. The lowest BCUT2D eigenvalue weighted by Crippen LogP contribution is -1.89. The van der Waals surface area contributed by atoms with E-state index < -0.39 is 4.92 Å². The van der Waals surface area contributed by atoms with Crippen molar-refractivity contribution in [3.8, 4) is 17.4 Å². The second kappa shape index (κ2) is 7.63. The summed E-state index contributed by atoms with van der Waals surface area (Å²) in [4.78, 5) is 10.6. The first-order chi connectivity index (χ1) is 14.1. The minimum atomic E-state index is -0.538. The minimum Gasteiger partial charge on any atom is -0.457 e. The number of fused-ring (bicyclic) bond motifs is 1. The smallest absolute Gasteiger partial charge is 0.288 e. The molecule has 0 atom stereocenters. The summed E-state index contributed by atoms with van der Waals surface area (Å²) in [6.07, 6.45) is 1.66. The predicted octanol–water partition coefficient (Wildman–Crippen LogP) is 6.73. The first kappa shape index (κ1) is 18.5. The molecule has 4 aromatic rings. The van der Waals surface area contributed by atoms with Crippen LogP contribution in [0.2, 0.25) is 5.02 Å². The van der Waals surface area contributed by atoms with E-state index in [4.69, 9.17) is 16.0 Å². The van der Waals surface area contributed by atoms with Crippen LogP contribution in [-0.2, 0) is 0 Å². The van der Waals surface area contributed by atoms with Gasteiger partial charge in [0.1, 0.15) is 16.5 Å². The van der Waals surface area contributed by atoms with Crippen LogP contribution in [0.25, 0.3) is 33.7 Å². The number of benzene rings is 3. The van der Waals surface area contributed by atoms with E-state index in [0.29, 0.717) is 22.7 Å². The van der Waals surface area contributed by atoms with Crippen molar-refractivity contribution in [2.24, 2.45) is 0 Å². The van der Waals surface area contributed by atoms with Crippen LogP contribution in [-0.4, -0.2) is 4.92 Å². The van der Waals surface area contributed by atoms with Crippen molar-refractivity contribution < 1.29 is 9.34 Å². The molecule has 1 aromatic heterocycles. The van der Waals surface area contributed by atoms with Crippen LogP contribution in [0.5, 0.6) is 0 Å². The fourth-order valence-electron chi connectivity index (χ4n) is 3.16. The fourth-order valence-corrected chi connectivity index (χ4v) is 3.35. The summed E-state index contributed by atoms with van der Waals surface area (Å²) in [5.41, 5.74) is 1.62. The van der Waals surface area contributed by atoms with Gasteiger partial charge in [0.25, 0.3) is 5.69 Å². The second-order valence-corrected chi connectivity index (χ2v) is 6.73.